The zero-order valence-corrected chi connectivity index (χ0v) is 13.9. The van der Waals surface area contributed by atoms with Gasteiger partial charge in [0.2, 0.25) is 5.91 Å². The standard InChI is InChI=1S/C17H14N4O.C2H6/c1-2-15(22)21-9-7-11-5-6-12(10-14(11)21)16-13-4-3-8-18-17(13)20-19-16;1-2/h2-6,8,10H,1,7,9H2,(H,18,19,20);1-2H3. The molecule has 4 rings (SSSR count). The Balaban J connectivity index is 0.000000815. The highest BCUT2D eigenvalue weighted by atomic mass is 16.2. The van der Waals surface area contributed by atoms with Crippen LogP contribution in [0, 0.1) is 0 Å². The number of hydrogen-bond donors (Lipinski definition) is 1. The molecule has 5 nitrogen and oxygen atoms in total. The molecule has 3 aromatic rings. The van der Waals surface area contributed by atoms with E-state index in [1.54, 1.807) is 11.1 Å². The molecule has 0 spiro atoms. The summed E-state index contributed by atoms with van der Waals surface area (Å²) >= 11 is 0. The van der Waals surface area contributed by atoms with E-state index in [2.05, 4.69) is 33.9 Å². The molecule has 0 fully saturated rings. The van der Waals surface area contributed by atoms with Crippen molar-refractivity contribution < 1.29 is 4.79 Å². The fourth-order valence-corrected chi connectivity index (χ4v) is 2.94. The number of rotatable bonds is 2. The van der Waals surface area contributed by atoms with Crippen molar-refractivity contribution in [3.05, 3.63) is 54.7 Å². The van der Waals surface area contributed by atoms with Crippen LogP contribution >= 0.6 is 0 Å². The van der Waals surface area contributed by atoms with Crippen LogP contribution in [-0.4, -0.2) is 27.6 Å². The van der Waals surface area contributed by atoms with Crippen LogP contribution in [0.1, 0.15) is 19.4 Å². The van der Waals surface area contributed by atoms with Crippen LogP contribution in [0.3, 0.4) is 0 Å². The highest BCUT2D eigenvalue weighted by molar-refractivity contribution is 6.03. The summed E-state index contributed by atoms with van der Waals surface area (Å²) in [7, 11) is 0. The van der Waals surface area contributed by atoms with Gasteiger partial charge < -0.3 is 4.90 Å². The summed E-state index contributed by atoms with van der Waals surface area (Å²) in [6.07, 6.45) is 3.96. The lowest BCUT2D eigenvalue weighted by Gasteiger charge is -2.15. The Morgan fingerprint density at radius 2 is 2.17 bits per heavy atom. The maximum atomic E-state index is 12.0. The molecule has 1 aliphatic rings. The molecule has 0 saturated heterocycles. The van der Waals surface area contributed by atoms with Gasteiger partial charge in [0.05, 0.1) is 5.69 Å². The van der Waals surface area contributed by atoms with Crippen LogP contribution in [-0.2, 0) is 11.2 Å². The second-order valence-corrected chi connectivity index (χ2v) is 5.26. The molecule has 1 amide bonds. The number of amides is 1. The van der Waals surface area contributed by atoms with Crippen molar-refractivity contribution in [1.29, 1.82) is 0 Å². The molecule has 0 atom stereocenters. The number of aromatic nitrogens is 3. The highest BCUT2D eigenvalue weighted by Crippen LogP contribution is 2.34. The Labute approximate surface area is 141 Å². The maximum Gasteiger partial charge on any atom is 0.250 e. The third-order valence-electron chi connectivity index (χ3n) is 4.04. The molecular weight excluding hydrogens is 300 g/mol. The first-order chi connectivity index (χ1) is 11.8. The summed E-state index contributed by atoms with van der Waals surface area (Å²) in [4.78, 5) is 18.0. The molecule has 0 bridgehead atoms. The minimum absolute atomic E-state index is 0.0629. The molecule has 2 aromatic heterocycles. The quantitative estimate of drug-likeness (QED) is 0.732. The van der Waals surface area contributed by atoms with Crippen molar-refractivity contribution in [3.63, 3.8) is 0 Å². The van der Waals surface area contributed by atoms with Crippen molar-refractivity contribution in [2.75, 3.05) is 11.4 Å². The van der Waals surface area contributed by atoms with Gasteiger partial charge in [-0.15, -0.1) is 0 Å². The van der Waals surface area contributed by atoms with E-state index in [4.69, 9.17) is 0 Å². The smallest absolute Gasteiger partial charge is 0.250 e. The Kier molecular flexibility index (Phi) is 4.42. The number of aromatic amines is 1. The van der Waals surface area contributed by atoms with Crippen LogP contribution in [0.25, 0.3) is 22.3 Å². The Morgan fingerprint density at radius 1 is 1.33 bits per heavy atom. The van der Waals surface area contributed by atoms with Gasteiger partial charge in [-0.2, -0.15) is 5.10 Å². The average molecular weight is 320 g/mol. The fourth-order valence-electron chi connectivity index (χ4n) is 2.94. The first-order valence-electron chi connectivity index (χ1n) is 8.14. The first kappa shape index (κ1) is 15.9. The van der Waals surface area contributed by atoms with E-state index in [9.17, 15) is 4.79 Å². The van der Waals surface area contributed by atoms with Crippen molar-refractivity contribution >= 4 is 22.6 Å². The molecule has 0 radical (unpaired) electrons. The molecule has 0 unspecified atom stereocenters. The van der Waals surface area contributed by atoms with Crippen molar-refractivity contribution in [3.8, 4) is 11.3 Å². The Bertz CT molecular complexity index is 897. The lowest BCUT2D eigenvalue weighted by molar-refractivity contribution is -0.114. The largest absolute Gasteiger partial charge is 0.308 e. The molecule has 5 heteroatoms. The molecule has 24 heavy (non-hydrogen) atoms. The number of nitrogens with zero attached hydrogens (tertiary/aromatic N) is 3. The van der Waals surface area contributed by atoms with E-state index in [1.807, 2.05) is 32.0 Å². The van der Waals surface area contributed by atoms with Crippen molar-refractivity contribution in [1.82, 2.24) is 15.2 Å². The molecule has 1 N–H and O–H groups in total. The number of carbonyl (C=O) groups excluding carboxylic acids is 1. The van der Waals surface area contributed by atoms with Gasteiger partial charge in [-0.3, -0.25) is 9.89 Å². The molecular formula is C19H20N4O. The summed E-state index contributed by atoms with van der Waals surface area (Å²) in [6.45, 7) is 8.28. The van der Waals surface area contributed by atoms with Gasteiger partial charge in [-0.25, -0.2) is 4.98 Å². The van der Waals surface area contributed by atoms with E-state index >= 15 is 0 Å². The summed E-state index contributed by atoms with van der Waals surface area (Å²) in [5, 5.41) is 8.24. The van der Waals surface area contributed by atoms with Crippen LogP contribution < -0.4 is 4.90 Å². The van der Waals surface area contributed by atoms with E-state index < -0.39 is 0 Å². The Hall–Kier alpha value is -2.95. The number of nitrogens with one attached hydrogen (secondary N) is 1. The van der Waals surface area contributed by atoms with Gasteiger partial charge in [-0.1, -0.05) is 32.6 Å². The van der Waals surface area contributed by atoms with Crippen LogP contribution in [0.5, 0.6) is 0 Å². The third-order valence-corrected chi connectivity index (χ3v) is 4.04. The first-order valence-corrected chi connectivity index (χ1v) is 8.14. The monoisotopic (exact) mass is 320 g/mol. The molecule has 1 aliphatic heterocycles. The topological polar surface area (TPSA) is 61.9 Å². The van der Waals surface area contributed by atoms with Crippen molar-refractivity contribution in [2.45, 2.75) is 20.3 Å². The van der Waals surface area contributed by atoms with E-state index in [-0.39, 0.29) is 5.91 Å². The highest BCUT2D eigenvalue weighted by Gasteiger charge is 2.23. The molecule has 3 heterocycles. The van der Waals surface area contributed by atoms with Crippen LogP contribution in [0.4, 0.5) is 5.69 Å². The van der Waals surface area contributed by atoms with Gasteiger partial charge in [0, 0.05) is 29.4 Å². The SMILES string of the molecule is C=CC(=O)N1CCc2ccc(-c3[nH]nc4ncccc34)cc21.CC. The summed E-state index contributed by atoms with van der Waals surface area (Å²) in [6, 6.07) is 10.0. The summed E-state index contributed by atoms with van der Waals surface area (Å²) < 4.78 is 0. The maximum absolute atomic E-state index is 12.0. The average Bonchev–Trinajstić information content (AvgIpc) is 3.26. The lowest BCUT2D eigenvalue weighted by atomic mass is 10.0. The molecule has 122 valence electrons. The normalized spacial score (nSPS) is 12.5. The van der Waals surface area contributed by atoms with E-state index in [1.165, 1.54) is 11.6 Å². The molecule has 0 saturated carbocycles. The zero-order chi connectivity index (χ0) is 17.1. The van der Waals surface area contributed by atoms with Gasteiger partial charge in [0.1, 0.15) is 0 Å². The van der Waals surface area contributed by atoms with Gasteiger partial charge in [0.15, 0.2) is 5.65 Å². The summed E-state index contributed by atoms with van der Waals surface area (Å²) in [5.41, 5.74) is 4.74. The summed E-state index contributed by atoms with van der Waals surface area (Å²) in [5.74, 6) is -0.0629. The third kappa shape index (κ3) is 2.58. The molecule has 1 aromatic carbocycles. The number of hydrogen-bond acceptors (Lipinski definition) is 3. The second kappa shape index (κ2) is 6.66. The second-order valence-electron chi connectivity index (χ2n) is 5.26. The predicted molar refractivity (Wildman–Crippen MR) is 96.9 cm³/mol. The number of anilines is 1. The van der Waals surface area contributed by atoms with Crippen LogP contribution in [0.15, 0.2) is 49.2 Å². The fraction of sp³-hybridized carbons (Fsp3) is 0.211. The number of H-pyrrole nitrogens is 1. The molecule has 0 aliphatic carbocycles. The Morgan fingerprint density at radius 3 is 2.96 bits per heavy atom. The number of carbonyl (C=O) groups is 1. The lowest BCUT2D eigenvalue weighted by Crippen LogP contribution is -2.26. The van der Waals surface area contributed by atoms with Gasteiger partial charge >= 0.3 is 0 Å². The van der Waals surface area contributed by atoms with E-state index in [0.717, 1.165) is 28.8 Å². The predicted octanol–water partition coefficient (Wildman–Crippen LogP) is 3.73. The van der Waals surface area contributed by atoms with E-state index in [0.29, 0.717) is 12.2 Å². The number of fused-ring (bicyclic) bond motifs is 2. The minimum atomic E-state index is -0.0629. The minimum Gasteiger partial charge on any atom is -0.308 e. The van der Waals surface area contributed by atoms with Gasteiger partial charge in [0.25, 0.3) is 0 Å². The number of pyridine rings is 1. The number of benzene rings is 1. The van der Waals surface area contributed by atoms with Crippen LogP contribution in [0.2, 0.25) is 0 Å². The van der Waals surface area contributed by atoms with Gasteiger partial charge in [-0.05, 0) is 36.3 Å². The van der Waals surface area contributed by atoms with Crippen molar-refractivity contribution in [2.24, 2.45) is 0 Å². The zero-order valence-electron chi connectivity index (χ0n) is 13.9.